The van der Waals surface area contributed by atoms with E-state index >= 15 is 0 Å². The minimum atomic E-state index is -0.0941. The first-order valence-electron chi connectivity index (χ1n) is 6.50. The van der Waals surface area contributed by atoms with Crippen LogP contribution in [0.15, 0.2) is 18.2 Å². The highest BCUT2D eigenvalue weighted by Gasteiger charge is 2.20. The van der Waals surface area contributed by atoms with Crippen LogP contribution >= 0.6 is 11.6 Å². The molecule has 0 aromatic heterocycles. The second-order valence-corrected chi connectivity index (χ2v) is 5.34. The normalized spacial score (nSPS) is 19.2. The van der Waals surface area contributed by atoms with Crippen molar-refractivity contribution in [3.63, 3.8) is 0 Å². The van der Waals surface area contributed by atoms with Crippen molar-refractivity contribution in [3.05, 3.63) is 28.8 Å². The fraction of sp³-hybridized carbons (Fsp3) is 0.500. The summed E-state index contributed by atoms with van der Waals surface area (Å²) in [4.78, 5) is 14.0. The highest BCUT2D eigenvalue weighted by atomic mass is 35.5. The zero-order valence-corrected chi connectivity index (χ0v) is 11.8. The smallest absolute Gasteiger partial charge is 0.255 e. The minimum Gasteiger partial charge on any atom is -0.398 e. The van der Waals surface area contributed by atoms with Crippen LogP contribution < -0.4 is 5.73 Å². The van der Waals surface area contributed by atoms with Crippen LogP contribution in [0.4, 0.5) is 5.69 Å². The molecule has 1 amide bonds. The zero-order valence-electron chi connectivity index (χ0n) is 11.1. The van der Waals surface area contributed by atoms with Crippen LogP contribution in [0.3, 0.4) is 0 Å². The van der Waals surface area contributed by atoms with Gasteiger partial charge in [0.15, 0.2) is 0 Å². The second kappa shape index (κ2) is 6.26. The van der Waals surface area contributed by atoms with Gasteiger partial charge in [0, 0.05) is 30.9 Å². The Labute approximate surface area is 118 Å². The number of nitrogens with zero attached hydrogens (tertiary/aromatic N) is 1. The molecular formula is C14H19ClN2O2. The molecule has 1 saturated heterocycles. The van der Waals surface area contributed by atoms with Gasteiger partial charge in [0.2, 0.25) is 0 Å². The van der Waals surface area contributed by atoms with Crippen LogP contribution in [0.25, 0.3) is 0 Å². The Kier molecular flexibility index (Phi) is 4.66. The number of ether oxygens (including phenoxy) is 1. The summed E-state index contributed by atoms with van der Waals surface area (Å²) < 4.78 is 5.64. The number of benzene rings is 1. The summed E-state index contributed by atoms with van der Waals surface area (Å²) in [6.45, 7) is 1.39. The van der Waals surface area contributed by atoms with E-state index in [9.17, 15) is 4.79 Å². The third-order valence-electron chi connectivity index (χ3n) is 3.34. The number of carbonyl (C=O) groups excluding carboxylic acids is 1. The molecule has 0 saturated carbocycles. The summed E-state index contributed by atoms with van der Waals surface area (Å²) in [6.07, 6.45) is 3.41. The largest absolute Gasteiger partial charge is 0.398 e. The first kappa shape index (κ1) is 14.2. The van der Waals surface area contributed by atoms with Gasteiger partial charge in [-0.3, -0.25) is 4.79 Å². The van der Waals surface area contributed by atoms with Gasteiger partial charge in [-0.25, -0.2) is 0 Å². The van der Waals surface area contributed by atoms with E-state index < -0.39 is 0 Å². The van der Waals surface area contributed by atoms with E-state index in [1.165, 1.54) is 0 Å². The maximum atomic E-state index is 12.3. The topological polar surface area (TPSA) is 55.6 Å². The summed E-state index contributed by atoms with van der Waals surface area (Å²) in [7, 11) is 1.77. The van der Waals surface area contributed by atoms with Gasteiger partial charge in [-0.2, -0.15) is 0 Å². The Bertz CT molecular complexity index is 459. The number of rotatable bonds is 3. The van der Waals surface area contributed by atoms with Crippen LogP contribution in [0.2, 0.25) is 5.02 Å². The number of nitrogens with two attached hydrogens (primary N) is 1. The van der Waals surface area contributed by atoms with Gasteiger partial charge >= 0.3 is 0 Å². The molecule has 1 atom stereocenters. The third-order valence-corrected chi connectivity index (χ3v) is 3.58. The molecule has 104 valence electrons. The van der Waals surface area contributed by atoms with E-state index in [-0.39, 0.29) is 12.0 Å². The molecule has 0 radical (unpaired) electrons. The van der Waals surface area contributed by atoms with Crippen LogP contribution in [0, 0.1) is 0 Å². The molecule has 0 spiro atoms. The summed E-state index contributed by atoms with van der Waals surface area (Å²) in [5.41, 5.74) is 6.73. The molecule has 1 aliphatic heterocycles. The van der Waals surface area contributed by atoms with E-state index in [2.05, 4.69) is 0 Å². The van der Waals surface area contributed by atoms with Crippen molar-refractivity contribution in [2.45, 2.75) is 25.4 Å². The quantitative estimate of drug-likeness (QED) is 0.867. The maximum Gasteiger partial charge on any atom is 0.255 e. The summed E-state index contributed by atoms with van der Waals surface area (Å²) in [5.74, 6) is -0.0941. The monoisotopic (exact) mass is 282 g/mol. The van der Waals surface area contributed by atoms with Gasteiger partial charge in [-0.1, -0.05) is 11.6 Å². The average Bonchev–Trinajstić information content (AvgIpc) is 2.39. The lowest BCUT2D eigenvalue weighted by Crippen LogP contribution is -2.37. The first-order valence-corrected chi connectivity index (χ1v) is 6.88. The third kappa shape index (κ3) is 3.61. The standard InChI is InChI=1S/C14H19ClN2O2/c1-17(9-11-4-2-3-7-19-11)14(18)12-6-5-10(15)8-13(12)16/h5-6,8,11H,2-4,7,9,16H2,1H3. The molecule has 0 aliphatic carbocycles. The molecule has 2 N–H and O–H groups in total. The number of nitrogen functional groups attached to an aromatic ring is 1. The van der Waals surface area contributed by atoms with Crippen LogP contribution in [-0.4, -0.2) is 37.1 Å². The first-order chi connectivity index (χ1) is 9.08. The van der Waals surface area contributed by atoms with Crippen molar-refractivity contribution in [2.75, 3.05) is 25.9 Å². The molecule has 1 heterocycles. The van der Waals surface area contributed by atoms with Crippen molar-refractivity contribution in [1.82, 2.24) is 4.90 Å². The predicted molar refractivity (Wildman–Crippen MR) is 76.4 cm³/mol. The van der Waals surface area contributed by atoms with Gasteiger partial charge in [-0.05, 0) is 37.5 Å². The Morgan fingerprint density at radius 1 is 1.53 bits per heavy atom. The molecule has 5 heteroatoms. The van der Waals surface area contributed by atoms with Crippen molar-refractivity contribution in [1.29, 1.82) is 0 Å². The molecule has 1 aromatic rings. The van der Waals surface area contributed by atoms with Crippen molar-refractivity contribution in [3.8, 4) is 0 Å². The lowest BCUT2D eigenvalue weighted by atomic mass is 10.1. The van der Waals surface area contributed by atoms with E-state index in [1.807, 2.05) is 0 Å². The van der Waals surface area contributed by atoms with Crippen molar-refractivity contribution >= 4 is 23.2 Å². The number of hydrogen-bond acceptors (Lipinski definition) is 3. The summed E-state index contributed by atoms with van der Waals surface area (Å²) in [6, 6.07) is 4.94. The van der Waals surface area contributed by atoms with Gasteiger partial charge in [0.1, 0.15) is 0 Å². The molecule has 19 heavy (non-hydrogen) atoms. The molecule has 2 rings (SSSR count). The van der Waals surface area contributed by atoms with Crippen molar-refractivity contribution in [2.24, 2.45) is 0 Å². The highest BCUT2D eigenvalue weighted by Crippen LogP contribution is 2.20. The lowest BCUT2D eigenvalue weighted by Gasteiger charge is -2.27. The van der Waals surface area contributed by atoms with Gasteiger partial charge in [0.25, 0.3) is 5.91 Å². The van der Waals surface area contributed by atoms with Gasteiger partial charge in [-0.15, -0.1) is 0 Å². The molecule has 1 fully saturated rings. The van der Waals surface area contributed by atoms with Gasteiger partial charge < -0.3 is 15.4 Å². The summed E-state index contributed by atoms with van der Waals surface area (Å²) in [5, 5.41) is 0.535. The zero-order chi connectivity index (χ0) is 13.8. The van der Waals surface area contributed by atoms with Crippen molar-refractivity contribution < 1.29 is 9.53 Å². The SMILES string of the molecule is CN(CC1CCCCO1)C(=O)c1ccc(Cl)cc1N. The lowest BCUT2D eigenvalue weighted by molar-refractivity contribution is -0.000170. The van der Waals surface area contributed by atoms with Crippen LogP contribution in [0.1, 0.15) is 29.6 Å². The fourth-order valence-corrected chi connectivity index (χ4v) is 2.45. The van der Waals surface area contributed by atoms with Crippen LogP contribution in [0.5, 0.6) is 0 Å². The van der Waals surface area contributed by atoms with E-state index in [0.717, 1.165) is 25.9 Å². The summed E-state index contributed by atoms with van der Waals surface area (Å²) >= 11 is 5.83. The Morgan fingerprint density at radius 3 is 2.95 bits per heavy atom. The number of hydrogen-bond donors (Lipinski definition) is 1. The Morgan fingerprint density at radius 2 is 2.32 bits per heavy atom. The average molecular weight is 283 g/mol. The maximum absolute atomic E-state index is 12.3. The minimum absolute atomic E-state index is 0.0941. The van der Waals surface area contributed by atoms with E-state index in [1.54, 1.807) is 30.1 Å². The Balaban J connectivity index is 2.01. The molecule has 0 bridgehead atoms. The number of likely N-dealkylation sites (N-methyl/N-ethyl adjacent to an activating group) is 1. The second-order valence-electron chi connectivity index (χ2n) is 4.91. The highest BCUT2D eigenvalue weighted by molar-refractivity contribution is 6.31. The van der Waals surface area contributed by atoms with Gasteiger partial charge in [0.05, 0.1) is 11.7 Å². The number of carbonyl (C=O) groups is 1. The molecule has 4 nitrogen and oxygen atoms in total. The number of anilines is 1. The number of amides is 1. The van der Waals surface area contributed by atoms with Crippen LogP contribution in [-0.2, 0) is 4.74 Å². The van der Waals surface area contributed by atoms with E-state index in [4.69, 9.17) is 22.1 Å². The van der Waals surface area contributed by atoms with E-state index in [0.29, 0.717) is 22.8 Å². The fourth-order valence-electron chi connectivity index (χ4n) is 2.27. The predicted octanol–water partition coefficient (Wildman–Crippen LogP) is 2.56. The molecule has 1 aliphatic rings. The number of halogens is 1. The Hall–Kier alpha value is -1.26. The molecule has 1 aromatic carbocycles. The molecule has 1 unspecified atom stereocenters. The molecular weight excluding hydrogens is 264 g/mol.